The summed E-state index contributed by atoms with van der Waals surface area (Å²) in [6, 6.07) is 3.64. The molecule has 82 valence electrons. The fraction of sp³-hybridized carbons (Fsp3) is 0.455. The zero-order chi connectivity index (χ0) is 11.5. The molecule has 0 aliphatic heterocycles. The molecule has 3 nitrogen and oxygen atoms in total. The van der Waals surface area contributed by atoms with Gasteiger partial charge in [-0.1, -0.05) is 22.0 Å². The van der Waals surface area contributed by atoms with Crippen LogP contribution in [0, 0.1) is 0 Å². The van der Waals surface area contributed by atoms with Gasteiger partial charge in [0.05, 0.1) is 0 Å². The first kappa shape index (κ1) is 12.2. The van der Waals surface area contributed by atoms with Gasteiger partial charge in [0.25, 0.3) is 0 Å². The standard InChI is InChI=1S/C11H14BrNO2/c1-11(2,3)15-10(14)9-8(7-12)5-4-6-13-9/h4-6H,7H2,1-3H3. The number of halogens is 1. The summed E-state index contributed by atoms with van der Waals surface area (Å²) in [6.45, 7) is 5.50. The summed E-state index contributed by atoms with van der Waals surface area (Å²) in [6.07, 6.45) is 1.59. The highest BCUT2D eigenvalue weighted by Gasteiger charge is 2.20. The first-order valence-electron chi connectivity index (χ1n) is 4.67. The summed E-state index contributed by atoms with van der Waals surface area (Å²) in [4.78, 5) is 15.8. The van der Waals surface area contributed by atoms with Crippen molar-refractivity contribution in [3.8, 4) is 0 Å². The Kier molecular flexibility index (Phi) is 3.85. The van der Waals surface area contributed by atoms with Crippen molar-refractivity contribution in [1.82, 2.24) is 4.98 Å². The molecular formula is C11H14BrNO2. The van der Waals surface area contributed by atoms with Crippen LogP contribution in [0.1, 0.15) is 36.8 Å². The summed E-state index contributed by atoms with van der Waals surface area (Å²) >= 11 is 3.31. The topological polar surface area (TPSA) is 39.2 Å². The van der Waals surface area contributed by atoms with E-state index in [1.165, 1.54) is 0 Å². The first-order valence-corrected chi connectivity index (χ1v) is 5.79. The SMILES string of the molecule is CC(C)(C)OC(=O)c1ncccc1CBr. The van der Waals surface area contributed by atoms with Crippen LogP contribution in [0.3, 0.4) is 0 Å². The fourth-order valence-electron chi connectivity index (χ4n) is 1.06. The number of nitrogens with zero attached hydrogens (tertiary/aromatic N) is 1. The maximum absolute atomic E-state index is 11.7. The predicted octanol–water partition coefficient (Wildman–Crippen LogP) is 2.93. The minimum Gasteiger partial charge on any atom is -0.455 e. The Bertz CT molecular complexity index is 358. The molecule has 0 bridgehead atoms. The Balaban J connectivity index is 2.91. The third kappa shape index (κ3) is 3.63. The molecule has 0 aliphatic carbocycles. The highest BCUT2D eigenvalue weighted by Crippen LogP contribution is 2.15. The van der Waals surface area contributed by atoms with E-state index in [1.807, 2.05) is 26.8 Å². The third-order valence-corrected chi connectivity index (χ3v) is 2.23. The molecule has 1 rings (SSSR count). The minimum absolute atomic E-state index is 0.377. The zero-order valence-corrected chi connectivity index (χ0v) is 10.7. The maximum Gasteiger partial charge on any atom is 0.357 e. The van der Waals surface area contributed by atoms with Crippen LogP contribution in [0.5, 0.6) is 0 Å². The summed E-state index contributed by atoms with van der Waals surface area (Å²) in [5, 5.41) is 0.593. The van der Waals surface area contributed by atoms with Gasteiger partial charge in [0.2, 0.25) is 0 Å². The van der Waals surface area contributed by atoms with Crippen LogP contribution in [0.2, 0.25) is 0 Å². The smallest absolute Gasteiger partial charge is 0.357 e. The summed E-state index contributed by atoms with van der Waals surface area (Å²) in [5.74, 6) is -0.377. The van der Waals surface area contributed by atoms with Gasteiger partial charge in [-0.3, -0.25) is 0 Å². The van der Waals surface area contributed by atoms with E-state index in [9.17, 15) is 4.79 Å². The van der Waals surface area contributed by atoms with E-state index < -0.39 is 5.60 Å². The van der Waals surface area contributed by atoms with Crippen LogP contribution in [0.25, 0.3) is 0 Å². The molecule has 0 spiro atoms. The lowest BCUT2D eigenvalue weighted by molar-refractivity contribution is 0.00619. The molecule has 0 aromatic carbocycles. The average Bonchev–Trinajstić information content (AvgIpc) is 2.15. The van der Waals surface area contributed by atoms with E-state index in [1.54, 1.807) is 12.3 Å². The van der Waals surface area contributed by atoms with E-state index >= 15 is 0 Å². The van der Waals surface area contributed by atoms with E-state index in [4.69, 9.17) is 4.74 Å². The van der Waals surface area contributed by atoms with Gasteiger partial charge in [-0.15, -0.1) is 0 Å². The lowest BCUT2D eigenvalue weighted by Gasteiger charge is -2.19. The molecule has 0 amide bonds. The van der Waals surface area contributed by atoms with Crippen LogP contribution in [0.4, 0.5) is 0 Å². The van der Waals surface area contributed by atoms with Crippen LogP contribution in [0.15, 0.2) is 18.3 Å². The molecule has 0 saturated carbocycles. The Hall–Kier alpha value is -0.900. The minimum atomic E-state index is -0.488. The van der Waals surface area contributed by atoms with Crippen molar-refractivity contribution < 1.29 is 9.53 Å². The van der Waals surface area contributed by atoms with E-state index in [0.29, 0.717) is 11.0 Å². The van der Waals surface area contributed by atoms with E-state index in [-0.39, 0.29) is 5.97 Å². The number of rotatable bonds is 2. The zero-order valence-electron chi connectivity index (χ0n) is 9.08. The Morgan fingerprint density at radius 2 is 2.20 bits per heavy atom. The largest absolute Gasteiger partial charge is 0.455 e. The van der Waals surface area contributed by atoms with Crippen molar-refractivity contribution in [2.75, 3.05) is 0 Å². The molecule has 0 saturated heterocycles. The van der Waals surface area contributed by atoms with Crippen molar-refractivity contribution >= 4 is 21.9 Å². The van der Waals surface area contributed by atoms with E-state index in [2.05, 4.69) is 20.9 Å². The fourth-order valence-corrected chi connectivity index (χ4v) is 1.51. The summed E-state index contributed by atoms with van der Waals surface area (Å²) < 4.78 is 5.24. The predicted molar refractivity (Wildman–Crippen MR) is 62.0 cm³/mol. The van der Waals surface area contributed by atoms with Crippen molar-refractivity contribution in [3.63, 3.8) is 0 Å². The van der Waals surface area contributed by atoms with Gasteiger partial charge in [-0.05, 0) is 32.4 Å². The van der Waals surface area contributed by atoms with Crippen LogP contribution in [-0.4, -0.2) is 16.6 Å². The number of pyridine rings is 1. The summed E-state index contributed by atoms with van der Waals surface area (Å²) in [7, 11) is 0. The van der Waals surface area contributed by atoms with Gasteiger partial charge in [-0.2, -0.15) is 0 Å². The maximum atomic E-state index is 11.7. The summed E-state index contributed by atoms with van der Waals surface area (Å²) in [5.41, 5.74) is 0.731. The van der Waals surface area contributed by atoms with Gasteiger partial charge >= 0.3 is 5.97 Å². The third-order valence-electron chi connectivity index (χ3n) is 1.63. The second-order valence-electron chi connectivity index (χ2n) is 4.15. The average molecular weight is 272 g/mol. The molecule has 0 aliphatic rings. The van der Waals surface area contributed by atoms with Gasteiger partial charge in [0.15, 0.2) is 5.69 Å². The molecule has 1 heterocycles. The van der Waals surface area contributed by atoms with Gasteiger partial charge in [0, 0.05) is 11.5 Å². The first-order chi connectivity index (χ1) is 6.94. The second-order valence-corrected chi connectivity index (χ2v) is 4.71. The number of alkyl halides is 1. The molecule has 0 radical (unpaired) electrons. The van der Waals surface area contributed by atoms with Crippen LogP contribution >= 0.6 is 15.9 Å². The van der Waals surface area contributed by atoms with Crippen LogP contribution < -0.4 is 0 Å². The number of carbonyl (C=O) groups excluding carboxylic acids is 1. The van der Waals surface area contributed by atoms with Crippen molar-refractivity contribution in [1.29, 1.82) is 0 Å². The number of hydrogen-bond acceptors (Lipinski definition) is 3. The lowest BCUT2D eigenvalue weighted by atomic mass is 10.2. The number of hydrogen-bond donors (Lipinski definition) is 0. The molecule has 4 heteroatoms. The number of esters is 1. The van der Waals surface area contributed by atoms with Crippen molar-refractivity contribution in [2.45, 2.75) is 31.7 Å². The Morgan fingerprint density at radius 1 is 1.53 bits per heavy atom. The molecule has 0 N–H and O–H groups in total. The lowest BCUT2D eigenvalue weighted by Crippen LogP contribution is -2.25. The highest BCUT2D eigenvalue weighted by atomic mass is 79.9. The molecular weight excluding hydrogens is 258 g/mol. The number of ether oxygens (including phenoxy) is 1. The molecule has 0 atom stereocenters. The molecule has 0 unspecified atom stereocenters. The monoisotopic (exact) mass is 271 g/mol. The van der Waals surface area contributed by atoms with Crippen molar-refractivity contribution in [2.24, 2.45) is 0 Å². The number of aromatic nitrogens is 1. The van der Waals surface area contributed by atoms with Crippen molar-refractivity contribution in [3.05, 3.63) is 29.6 Å². The van der Waals surface area contributed by atoms with Gasteiger partial charge in [-0.25, -0.2) is 9.78 Å². The molecule has 1 aromatic rings. The normalized spacial score (nSPS) is 11.2. The van der Waals surface area contributed by atoms with Gasteiger partial charge < -0.3 is 4.74 Å². The number of carbonyl (C=O) groups is 1. The second kappa shape index (κ2) is 4.75. The van der Waals surface area contributed by atoms with E-state index in [0.717, 1.165) is 5.56 Å². The van der Waals surface area contributed by atoms with Gasteiger partial charge in [0.1, 0.15) is 5.60 Å². The highest BCUT2D eigenvalue weighted by molar-refractivity contribution is 9.08. The van der Waals surface area contributed by atoms with Crippen LogP contribution in [-0.2, 0) is 10.1 Å². The Labute approximate surface area is 98.0 Å². The quantitative estimate of drug-likeness (QED) is 0.613. The Morgan fingerprint density at radius 3 is 2.73 bits per heavy atom. The molecule has 0 fully saturated rings. The molecule has 15 heavy (non-hydrogen) atoms. The molecule has 1 aromatic heterocycles.